The van der Waals surface area contributed by atoms with E-state index >= 15 is 0 Å². The summed E-state index contributed by atoms with van der Waals surface area (Å²) in [5.74, 6) is -7.84. The van der Waals surface area contributed by atoms with Crippen molar-refractivity contribution in [1.82, 2.24) is 16.0 Å². The first kappa shape index (κ1) is 66.9. The monoisotopic (exact) mass is 1190 g/mol. The first-order chi connectivity index (χ1) is 38.0. The number of ether oxygens (including phenoxy) is 11. The molecule has 0 bridgehead atoms. The van der Waals surface area contributed by atoms with Crippen LogP contribution in [0.4, 0.5) is 0 Å². The van der Waals surface area contributed by atoms with Crippen molar-refractivity contribution >= 4 is 23.7 Å². The first-order valence-corrected chi connectivity index (χ1v) is 25.6. The molecule has 468 valence electrons. The molecule has 3 amide bonds. The Labute approximate surface area is 459 Å². The molecule has 0 aliphatic carbocycles. The van der Waals surface area contributed by atoms with Crippen LogP contribution in [0.25, 0.3) is 0 Å². The summed E-state index contributed by atoms with van der Waals surface area (Å²) >= 11 is 0. The molecule has 0 saturated carbocycles. The number of carboxylic acids is 1. The number of carboxylic acid groups (broad SMARTS) is 1. The van der Waals surface area contributed by atoms with Gasteiger partial charge in [0.1, 0.15) is 140 Å². The van der Waals surface area contributed by atoms with Crippen LogP contribution >= 0.6 is 0 Å². The van der Waals surface area contributed by atoms with Crippen LogP contribution in [0.5, 0.6) is 0 Å². The molecule has 0 spiro atoms. The highest BCUT2D eigenvalue weighted by Gasteiger charge is 2.61. The van der Waals surface area contributed by atoms with E-state index in [0.29, 0.717) is 0 Å². The highest BCUT2D eigenvalue weighted by molar-refractivity contribution is 5.76. The van der Waals surface area contributed by atoms with Crippen molar-refractivity contribution in [2.45, 2.75) is 224 Å². The molecule has 36 nitrogen and oxygen atoms in total. The molecular formula is C45H75N3O33. The summed E-state index contributed by atoms with van der Waals surface area (Å²) in [4.78, 5) is 50.8. The normalized spacial score (nSPS) is 46.7. The van der Waals surface area contributed by atoms with Crippen molar-refractivity contribution in [3.63, 3.8) is 0 Å². The Bertz CT molecular complexity index is 2080. The zero-order chi connectivity index (χ0) is 60.3. The maximum absolute atomic E-state index is 13.0. The molecule has 6 rings (SSSR count). The molecule has 6 heterocycles. The number of aliphatic carboxylic acids is 1. The predicted molar refractivity (Wildman–Crippen MR) is 250 cm³/mol. The summed E-state index contributed by atoms with van der Waals surface area (Å²) in [6.45, 7) is -0.900. The van der Waals surface area contributed by atoms with E-state index in [0.717, 1.165) is 20.8 Å². The van der Waals surface area contributed by atoms with Crippen molar-refractivity contribution < 1.29 is 163 Å². The minimum Gasteiger partial charge on any atom is -0.477 e. The lowest BCUT2D eigenvalue weighted by Crippen LogP contribution is -2.71. The van der Waals surface area contributed by atoms with Crippen molar-refractivity contribution in [3.05, 3.63) is 0 Å². The topological polar surface area (TPSA) is 570 Å². The second-order valence-electron chi connectivity index (χ2n) is 20.4. The maximum atomic E-state index is 13.0. The van der Waals surface area contributed by atoms with Crippen molar-refractivity contribution in [2.24, 2.45) is 0 Å². The van der Waals surface area contributed by atoms with Gasteiger partial charge in [0, 0.05) is 27.2 Å². The highest BCUT2D eigenvalue weighted by Crippen LogP contribution is 2.39. The van der Waals surface area contributed by atoms with Gasteiger partial charge in [0.05, 0.1) is 45.2 Å². The van der Waals surface area contributed by atoms with Crippen LogP contribution in [-0.2, 0) is 71.3 Å². The number of carbonyl (C=O) groups is 4. The number of aliphatic hydroxyl groups excluding tert-OH is 17. The number of carbonyl (C=O) groups excluding carboxylic acids is 3. The van der Waals surface area contributed by atoms with E-state index in [9.17, 15) is 111 Å². The molecule has 6 saturated heterocycles. The van der Waals surface area contributed by atoms with Crippen LogP contribution in [0.2, 0.25) is 0 Å². The Balaban J connectivity index is 1.31. The van der Waals surface area contributed by atoms with Crippen LogP contribution < -0.4 is 16.0 Å². The first-order valence-electron chi connectivity index (χ1n) is 25.6. The minimum atomic E-state index is -3.22. The zero-order valence-electron chi connectivity index (χ0n) is 43.7. The summed E-state index contributed by atoms with van der Waals surface area (Å²) in [6.07, 6.45) is -54.7. The van der Waals surface area contributed by atoms with E-state index in [1.165, 1.54) is 6.92 Å². The van der Waals surface area contributed by atoms with Crippen molar-refractivity contribution in [3.8, 4) is 0 Å². The molecule has 0 unspecified atom stereocenters. The summed E-state index contributed by atoms with van der Waals surface area (Å²) in [5.41, 5.74) is 0. The third kappa shape index (κ3) is 14.7. The van der Waals surface area contributed by atoms with E-state index in [2.05, 4.69) is 16.0 Å². The Kier molecular flexibility index (Phi) is 23.4. The standard InChI is InChI=1S/C45H75N3O33/c1-11-24(58)31(65)32(66)42(72-11)79-36-23(48-14(4)55)40(76-19(9-52)34(36)77-41-21(46-12(2)53)30(64)27(61)17(7-50)74-41)71-10-20-29(63)35(22(39(68)73-20)47-13(3)54)78-43-33(67)38(28(62)18(8-51)75-43)81-45(44(69)70)5-15(56)25(59)37(80-45)26(60)16(57)6-49/h11,15-43,49-52,56-68H,5-10H2,1-4H3,(H,46,53)(H,47,54)(H,48,55)(H,69,70)/t11-,15-,16+,17+,18+,19+,20+,21+,22+,23+,24+,25+,26+,27-,28-,29-,30+,31+,32-,33+,34+,35+,36+,37+,38-,39-,40+,41-,42-,43-,45-/m0/s1. The van der Waals surface area contributed by atoms with Crippen LogP contribution in [0.15, 0.2) is 0 Å². The average Bonchev–Trinajstić information content (AvgIpc) is 3.58. The molecule has 36 heteroatoms. The fraction of sp³-hybridized carbons (Fsp3) is 0.911. The van der Waals surface area contributed by atoms with Gasteiger partial charge < -0.3 is 160 Å². The van der Waals surface area contributed by atoms with Crippen LogP contribution in [0, 0.1) is 0 Å². The van der Waals surface area contributed by atoms with Gasteiger partial charge in [0.25, 0.3) is 5.79 Å². The van der Waals surface area contributed by atoms with Gasteiger partial charge in [0.15, 0.2) is 31.5 Å². The Morgan fingerprint density at radius 3 is 1.63 bits per heavy atom. The van der Waals surface area contributed by atoms with Gasteiger partial charge in [-0.25, -0.2) is 4.79 Å². The van der Waals surface area contributed by atoms with Crippen LogP contribution in [-0.4, -0.2) is 338 Å². The van der Waals surface area contributed by atoms with Gasteiger partial charge in [-0.1, -0.05) is 0 Å². The van der Waals surface area contributed by atoms with E-state index in [1.807, 2.05) is 0 Å². The van der Waals surface area contributed by atoms with E-state index in [-0.39, 0.29) is 0 Å². The second-order valence-corrected chi connectivity index (χ2v) is 20.4. The number of nitrogens with one attached hydrogen (secondary N) is 3. The Morgan fingerprint density at radius 2 is 1.05 bits per heavy atom. The van der Waals surface area contributed by atoms with Gasteiger partial charge in [0.2, 0.25) is 17.7 Å². The fourth-order valence-electron chi connectivity index (χ4n) is 10.2. The Hall–Kier alpha value is -3.24. The zero-order valence-corrected chi connectivity index (χ0v) is 43.7. The predicted octanol–water partition coefficient (Wildman–Crippen LogP) is -13.4. The molecular weight excluding hydrogens is 1110 g/mol. The van der Waals surface area contributed by atoms with E-state index in [1.54, 1.807) is 0 Å². The highest BCUT2D eigenvalue weighted by atomic mass is 16.8. The summed E-state index contributed by atoms with van der Waals surface area (Å²) in [5, 5.41) is 201. The van der Waals surface area contributed by atoms with Gasteiger partial charge >= 0.3 is 5.97 Å². The number of amides is 3. The quantitative estimate of drug-likeness (QED) is 0.0507. The van der Waals surface area contributed by atoms with Crippen LogP contribution in [0.3, 0.4) is 0 Å². The SMILES string of the molecule is CC(=O)N[C@@H]1[C@@H](O[C@@H]2O[C@H](CO)[C@H](O)[C@H](O[C@]3(C(=O)O)C[C@H](O)[C@@H](O)[C@H]([C@H](O)[C@H](O)CO)O3)[C@H]2O)[C@@H](O)[C@@H](CO[C@@H]2O[C@H](CO)[C@@H](O[C@@H]3O[C@H](CO)[C@H](O)[C@H](O)[C@H]3NC(C)=O)[C@H](O[C@@H]3O[C@@H](C)[C@@H](O)[C@@H](O)[C@@H]3O)[C@H]2NC(C)=O)O[C@@H]1O. The summed E-state index contributed by atoms with van der Waals surface area (Å²) in [7, 11) is 0. The molecule has 0 radical (unpaired) electrons. The third-order valence-corrected chi connectivity index (χ3v) is 14.5. The number of aliphatic hydroxyl groups is 17. The van der Waals surface area contributed by atoms with Gasteiger partial charge in [-0.3, -0.25) is 14.4 Å². The largest absolute Gasteiger partial charge is 0.477 e. The summed E-state index contributed by atoms with van der Waals surface area (Å²) in [6, 6.07) is -5.21. The van der Waals surface area contributed by atoms with E-state index in [4.69, 9.17) is 52.1 Å². The molecule has 6 fully saturated rings. The lowest BCUT2D eigenvalue weighted by atomic mass is 9.90. The molecule has 6 aliphatic heterocycles. The van der Waals surface area contributed by atoms with Gasteiger partial charge in [-0.15, -0.1) is 0 Å². The molecule has 0 aromatic carbocycles. The second kappa shape index (κ2) is 28.3. The average molecular weight is 1190 g/mol. The molecule has 21 N–H and O–H groups in total. The van der Waals surface area contributed by atoms with Gasteiger partial charge in [-0.05, 0) is 6.92 Å². The molecule has 0 aromatic heterocycles. The molecule has 0 aromatic rings. The third-order valence-electron chi connectivity index (χ3n) is 14.5. The lowest BCUT2D eigenvalue weighted by Gasteiger charge is -2.51. The minimum absolute atomic E-state index is 0.777. The van der Waals surface area contributed by atoms with Crippen LogP contribution in [0.1, 0.15) is 34.1 Å². The molecule has 31 atom stereocenters. The number of rotatable bonds is 21. The smallest absolute Gasteiger partial charge is 0.364 e. The molecule has 81 heavy (non-hydrogen) atoms. The maximum Gasteiger partial charge on any atom is 0.364 e. The number of hydrogen-bond acceptors (Lipinski definition) is 32. The van der Waals surface area contributed by atoms with Gasteiger partial charge in [-0.2, -0.15) is 0 Å². The van der Waals surface area contributed by atoms with Crippen molar-refractivity contribution in [1.29, 1.82) is 0 Å². The van der Waals surface area contributed by atoms with E-state index < -0.39 is 253 Å². The summed E-state index contributed by atoms with van der Waals surface area (Å²) < 4.78 is 64.2. The lowest BCUT2D eigenvalue weighted by molar-refractivity contribution is -0.386. The molecule has 6 aliphatic rings. The Morgan fingerprint density at radius 1 is 0.531 bits per heavy atom. The number of hydrogen-bond donors (Lipinski definition) is 21. The fourth-order valence-corrected chi connectivity index (χ4v) is 10.2. The van der Waals surface area contributed by atoms with Crippen molar-refractivity contribution in [2.75, 3.05) is 33.0 Å².